The summed E-state index contributed by atoms with van der Waals surface area (Å²) in [5.41, 5.74) is 0. The summed E-state index contributed by atoms with van der Waals surface area (Å²) in [6.45, 7) is 8.69. The van der Waals surface area contributed by atoms with Crippen molar-refractivity contribution in [2.24, 2.45) is 5.92 Å². The Morgan fingerprint density at radius 3 is 2.52 bits per heavy atom. The quantitative estimate of drug-likeness (QED) is 0.770. The lowest BCUT2D eigenvalue weighted by molar-refractivity contribution is 0.0905. The zero-order chi connectivity index (χ0) is 15.5. The van der Waals surface area contributed by atoms with Crippen LogP contribution in [0.3, 0.4) is 0 Å². The van der Waals surface area contributed by atoms with E-state index in [4.69, 9.17) is 0 Å². The van der Waals surface area contributed by atoms with E-state index in [9.17, 15) is 8.42 Å². The average molecular weight is 315 g/mol. The molecule has 21 heavy (non-hydrogen) atoms. The van der Waals surface area contributed by atoms with Crippen LogP contribution in [0.5, 0.6) is 0 Å². The first-order valence-electron chi connectivity index (χ1n) is 7.31. The van der Waals surface area contributed by atoms with E-state index in [1.54, 1.807) is 0 Å². The van der Waals surface area contributed by atoms with Gasteiger partial charge in [0.2, 0.25) is 0 Å². The summed E-state index contributed by atoms with van der Waals surface area (Å²) in [4.78, 5) is 11.1. The molecular weight excluding hydrogens is 290 g/mol. The monoisotopic (exact) mass is 315 g/mol. The van der Waals surface area contributed by atoms with Crippen LogP contribution >= 0.6 is 0 Å². The Hall–Kier alpha value is -0.960. The van der Waals surface area contributed by atoms with Crippen LogP contribution in [0.2, 0.25) is 0 Å². The number of rotatable bonds is 6. The van der Waals surface area contributed by atoms with Gasteiger partial charge in [-0.3, -0.25) is 4.90 Å². The highest BCUT2D eigenvalue weighted by Crippen LogP contribution is 2.14. The molecule has 1 fully saturated rings. The molecule has 2 rings (SSSR count). The largest absolute Gasteiger partial charge is 0.335 e. The smallest absolute Gasteiger partial charge is 0.257 e. The summed E-state index contributed by atoms with van der Waals surface area (Å²) in [6, 6.07) is 0.205. The summed E-state index contributed by atoms with van der Waals surface area (Å²) in [5, 5.41) is 0.114. The molecule has 1 atom stereocenters. The molecule has 0 aromatic carbocycles. The molecule has 0 saturated carbocycles. The van der Waals surface area contributed by atoms with Gasteiger partial charge in [-0.1, -0.05) is 13.8 Å². The number of H-pyrrole nitrogens is 1. The van der Waals surface area contributed by atoms with Gasteiger partial charge in [-0.05, 0) is 13.0 Å². The second-order valence-corrected chi connectivity index (χ2v) is 7.65. The lowest BCUT2D eigenvalue weighted by Gasteiger charge is -2.39. The summed E-state index contributed by atoms with van der Waals surface area (Å²) >= 11 is 0. The summed E-state index contributed by atoms with van der Waals surface area (Å²) < 4.78 is 27.0. The molecule has 1 unspecified atom stereocenters. The number of sulfonamides is 1. The molecule has 0 spiro atoms. The maximum absolute atomic E-state index is 12.1. The Kier molecular flexibility index (Phi) is 5.37. The molecule has 120 valence electrons. The molecule has 0 aliphatic carbocycles. The Morgan fingerprint density at radius 1 is 1.33 bits per heavy atom. The number of nitrogens with one attached hydrogen (secondary N) is 2. The maximum atomic E-state index is 12.1. The van der Waals surface area contributed by atoms with Crippen LogP contribution in [0.15, 0.2) is 17.6 Å². The number of hydrogen-bond acceptors (Lipinski definition) is 5. The fourth-order valence-electron chi connectivity index (χ4n) is 2.60. The van der Waals surface area contributed by atoms with Crippen LogP contribution < -0.4 is 4.72 Å². The standard InChI is InChI=1S/C13H25N5O2S/c1-11(2)12(18-6-4-17(3)5-7-18)8-16-21(19,20)13-9-14-10-15-13/h9-12,16H,4-8H2,1-3H3,(H,14,15). The molecule has 8 heteroatoms. The number of hydrogen-bond donors (Lipinski definition) is 2. The molecule has 2 heterocycles. The molecule has 1 aromatic rings. The maximum Gasteiger partial charge on any atom is 0.257 e. The van der Waals surface area contributed by atoms with E-state index < -0.39 is 10.0 Å². The predicted octanol–water partition coefficient (Wildman–Crippen LogP) is -0.0400. The highest BCUT2D eigenvalue weighted by Gasteiger charge is 2.27. The second kappa shape index (κ2) is 6.87. The highest BCUT2D eigenvalue weighted by atomic mass is 32.2. The topological polar surface area (TPSA) is 81.3 Å². The summed E-state index contributed by atoms with van der Waals surface area (Å²) in [6.07, 6.45) is 2.69. The highest BCUT2D eigenvalue weighted by molar-refractivity contribution is 7.89. The van der Waals surface area contributed by atoms with Gasteiger partial charge in [0.15, 0.2) is 5.03 Å². The van der Waals surface area contributed by atoms with Crippen molar-refractivity contribution in [1.29, 1.82) is 0 Å². The van der Waals surface area contributed by atoms with Crippen molar-refractivity contribution in [1.82, 2.24) is 24.5 Å². The molecule has 0 radical (unpaired) electrons. The van der Waals surface area contributed by atoms with Gasteiger partial charge in [0.25, 0.3) is 10.0 Å². The molecule has 1 aliphatic rings. The third kappa shape index (κ3) is 4.26. The second-order valence-electron chi connectivity index (χ2n) is 5.92. The van der Waals surface area contributed by atoms with Crippen molar-refractivity contribution in [3.8, 4) is 0 Å². The van der Waals surface area contributed by atoms with E-state index in [2.05, 4.69) is 45.4 Å². The predicted molar refractivity (Wildman–Crippen MR) is 81.5 cm³/mol. The van der Waals surface area contributed by atoms with E-state index in [1.807, 2.05) is 0 Å². The van der Waals surface area contributed by atoms with Crippen molar-refractivity contribution in [3.63, 3.8) is 0 Å². The van der Waals surface area contributed by atoms with Crippen LogP contribution in [0.25, 0.3) is 0 Å². The van der Waals surface area contributed by atoms with Crippen molar-refractivity contribution < 1.29 is 8.42 Å². The Balaban J connectivity index is 1.97. The minimum absolute atomic E-state index is 0.114. The van der Waals surface area contributed by atoms with Crippen molar-refractivity contribution in [2.45, 2.75) is 24.9 Å². The van der Waals surface area contributed by atoms with E-state index >= 15 is 0 Å². The van der Waals surface area contributed by atoms with E-state index in [0.717, 1.165) is 26.2 Å². The van der Waals surface area contributed by atoms with Gasteiger partial charge in [-0.25, -0.2) is 18.1 Å². The van der Waals surface area contributed by atoms with Gasteiger partial charge < -0.3 is 9.88 Å². The number of imidazole rings is 1. The van der Waals surface area contributed by atoms with Crippen LogP contribution in [-0.4, -0.2) is 74.0 Å². The Labute approximate surface area is 126 Å². The fourth-order valence-corrected chi connectivity index (χ4v) is 3.56. The van der Waals surface area contributed by atoms with Crippen LogP contribution in [0.4, 0.5) is 0 Å². The van der Waals surface area contributed by atoms with Crippen molar-refractivity contribution in [3.05, 3.63) is 12.5 Å². The lowest BCUT2D eigenvalue weighted by atomic mass is 10.0. The van der Waals surface area contributed by atoms with E-state index in [1.165, 1.54) is 12.5 Å². The van der Waals surface area contributed by atoms with Crippen molar-refractivity contribution >= 4 is 10.0 Å². The number of aromatic amines is 1. The number of nitrogens with zero attached hydrogens (tertiary/aromatic N) is 3. The zero-order valence-electron chi connectivity index (χ0n) is 12.9. The minimum Gasteiger partial charge on any atom is -0.335 e. The SMILES string of the molecule is CC(C)C(CNS(=O)(=O)c1cnc[nH]1)N1CCN(C)CC1. The number of likely N-dealkylation sites (N-methyl/N-ethyl adjacent to an activating group) is 1. The molecule has 0 amide bonds. The van der Waals surface area contributed by atoms with Gasteiger partial charge in [0.05, 0.1) is 12.5 Å². The number of aromatic nitrogens is 2. The molecule has 2 N–H and O–H groups in total. The van der Waals surface area contributed by atoms with Gasteiger partial charge in [0.1, 0.15) is 0 Å². The molecule has 1 saturated heterocycles. The van der Waals surface area contributed by atoms with Gasteiger partial charge in [0, 0.05) is 38.8 Å². The first-order chi connectivity index (χ1) is 9.90. The van der Waals surface area contributed by atoms with E-state index in [-0.39, 0.29) is 11.1 Å². The van der Waals surface area contributed by atoms with Gasteiger partial charge in [-0.2, -0.15) is 0 Å². The molecule has 0 bridgehead atoms. The summed E-state index contributed by atoms with van der Waals surface area (Å²) in [7, 11) is -1.39. The Morgan fingerprint density at radius 2 is 2.00 bits per heavy atom. The fraction of sp³-hybridized carbons (Fsp3) is 0.769. The molecule has 1 aliphatic heterocycles. The first kappa shape index (κ1) is 16.4. The third-order valence-electron chi connectivity index (χ3n) is 4.02. The lowest BCUT2D eigenvalue weighted by Crippen LogP contribution is -2.54. The van der Waals surface area contributed by atoms with Crippen LogP contribution in [0, 0.1) is 5.92 Å². The third-order valence-corrected chi connectivity index (χ3v) is 5.37. The minimum atomic E-state index is -3.50. The van der Waals surface area contributed by atoms with Gasteiger partial charge in [-0.15, -0.1) is 0 Å². The summed E-state index contributed by atoms with van der Waals surface area (Å²) in [5.74, 6) is 0.387. The van der Waals surface area contributed by atoms with Crippen LogP contribution in [-0.2, 0) is 10.0 Å². The Bertz CT molecular complexity index is 521. The zero-order valence-corrected chi connectivity index (χ0v) is 13.7. The molecule has 7 nitrogen and oxygen atoms in total. The van der Waals surface area contributed by atoms with Crippen molar-refractivity contribution in [2.75, 3.05) is 39.8 Å². The molecule has 1 aromatic heterocycles. The number of piperazine rings is 1. The normalized spacial score (nSPS) is 20.0. The van der Waals surface area contributed by atoms with E-state index in [0.29, 0.717) is 12.5 Å². The van der Waals surface area contributed by atoms with Crippen LogP contribution in [0.1, 0.15) is 13.8 Å². The van der Waals surface area contributed by atoms with Gasteiger partial charge >= 0.3 is 0 Å². The average Bonchev–Trinajstić information content (AvgIpc) is 2.95. The first-order valence-corrected chi connectivity index (χ1v) is 8.79. The molecular formula is C13H25N5O2S.